The molecule has 1 saturated heterocycles. The predicted molar refractivity (Wildman–Crippen MR) is 117 cm³/mol. The van der Waals surface area contributed by atoms with E-state index in [0.29, 0.717) is 17.6 Å². The number of epoxide rings is 1. The summed E-state index contributed by atoms with van der Waals surface area (Å²) in [5, 5.41) is 9.68. The van der Waals surface area contributed by atoms with Crippen LogP contribution < -0.4 is 4.74 Å². The van der Waals surface area contributed by atoms with Crippen molar-refractivity contribution in [2.45, 2.75) is 85.5 Å². The van der Waals surface area contributed by atoms with E-state index in [1.807, 2.05) is 18.2 Å². The zero-order chi connectivity index (χ0) is 21.5. The van der Waals surface area contributed by atoms with Crippen molar-refractivity contribution in [3.05, 3.63) is 42.5 Å². The molecule has 4 atom stereocenters. The van der Waals surface area contributed by atoms with Crippen LogP contribution in [0.4, 0.5) is 0 Å². The van der Waals surface area contributed by atoms with Crippen LogP contribution in [0, 0.1) is 16.7 Å². The number of hydrogen-bond donors (Lipinski definition) is 1. The van der Waals surface area contributed by atoms with E-state index in [-0.39, 0.29) is 29.8 Å². The molecule has 1 aromatic carbocycles. The molecule has 1 aromatic rings. The van der Waals surface area contributed by atoms with Crippen molar-refractivity contribution in [2.75, 3.05) is 0 Å². The molecule has 0 aliphatic carbocycles. The standard InChI is InChI=1S/C25H38O4/c1-6-24(3,4)18-25(5,7-2)16-12-11-13-19(22-23(27)29-22)17-21(26)28-20-14-9-8-10-15-20/h8-12,14-15,19,22-23,27H,6-7,13,16-18H2,1-5H3. The van der Waals surface area contributed by atoms with Gasteiger partial charge in [0.1, 0.15) is 11.9 Å². The Kier molecular flexibility index (Phi) is 8.47. The molecule has 0 spiro atoms. The normalized spacial score (nSPS) is 22.3. The third-order valence-corrected chi connectivity index (χ3v) is 6.30. The minimum Gasteiger partial charge on any atom is -0.427 e. The number of para-hydroxylation sites is 1. The van der Waals surface area contributed by atoms with Gasteiger partial charge in [0.2, 0.25) is 0 Å². The minimum absolute atomic E-state index is 0.0718. The average molecular weight is 403 g/mol. The highest BCUT2D eigenvalue weighted by Crippen LogP contribution is 2.41. The van der Waals surface area contributed by atoms with Gasteiger partial charge in [0.15, 0.2) is 6.29 Å². The van der Waals surface area contributed by atoms with Crippen LogP contribution in [-0.4, -0.2) is 23.5 Å². The van der Waals surface area contributed by atoms with Crippen LogP contribution in [-0.2, 0) is 9.53 Å². The molecule has 1 fully saturated rings. The van der Waals surface area contributed by atoms with Crippen LogP contribution >= 0.6 is 0 Å². The molecule has 0 amide bonds. The summed E-state index contributed by atoms with van der Waals surface area (Å²) in [5.41, 5.74) is 0.613. The Hall–Kier alpha value is -1.65. The van der Waals surface area contributed by atoms with Crippen molar-refractivity contribution in [1.82, 2.24) is 0 Å². The van der Waals surface area contributed by atoms with E-state index in [4.69, 9.17) is 9.47 Å². The molecule has 4 nitrogen and oxygen atoms in total. The van der Waals surface area contributed by atoms with Gasteiger partial charge < -0.3 is 14.6 Å². The SMILES string of the molecule is CCC(C)(C)CC(C)(CC)CC=CCC(CC(=O)Oc1ccccc1)C1OC1O. The molecule has 4 unspecified atom stereocenters. The number of hydrogen-bond acceptors (Lipinski definition) is 4. The van der Waals surface area contributed by atoms with Crippen LogP contribution in [0.15, 0.2) is 42.5 Å². The van der Waals surface area contributed by atoms with Gasteiger partial charge in [-0.15, -0.1) is 0 Å². The number of benzene rings is 1. The van der Waals surface area contributed by atoms with Gasteiger partial charge in [-0.25, -0.2) is 0 Å². The van der Waals surface area contributed by atoms with E-state index in [1.165, 1.54) is 12.8 Å². The number of allylic oxidation sites excluding steroid dienone is 2. The zero-order valence-electron chi connectivity index (χ0n) is 18.7. The molecule has 29 heavy (non-hydrogen) atoms. The molecular weight excluding hydrogens is 364 g/mol. The lowest BCUT2D eigenvalue weighted by Crippen LogP contribution is -2.24. The van der Waals surface area contributed by atoms with E-state index in [2.05, 4.69) is 46.8 Å². The zero-order valence-corrected chi connectivity index (χ0v) is 18.7. The number of aliphatic hydroxyl groups is 1. The lowest BCUT2D eigenvalue weighted by atomic mass is 9.69. The van der Waals surface area contributed by atoms with E-state index < -0.39 is 6.29 Å². The molecule has 162 valence electrons. The second-order valence-corrected chi connectivity index (χ2v) is 9.51. The molecule has 1 aliphatic heterocycles. The summed E-state index contributed by atoms with van der Waals surface area (Å²) in [6.45, 7) is 11.6. The van der Waals surface area contributed by atoms with Crippen LogP contribution in [0.1, 0.15) is 73.1 Å². The van der Waals surface area contributed by atoms with E-state index in [1.54, 1.807) is 12.1 Å². The quantitative estimate of drug-likeness (QED) is 0.205. The molecule has 0 radical (unpaired) electrons. The lowest BCUT2D eigenvalue weighted by Gasteiger charge is -2.36. The first-order valence-electron chi connectivity index (χ1n) is 10.9. The van der Waals surface area contributed by atoms with Gasteiger partial charge in [-0.2, -0.15) is 0 Å². The number of carbonyl (C=O) groups is 1. The van der Waals surface area contributed by atoms with Gasteiger partial charge in [0.05, 0.1) is 6.42 Å². The number of ether oxygens (including phenoxy) is 2. The fourth-order valence-corrected chi connectivity index (χ4v) is 3.93. The van der Waals surface area contributed by atoms with Crippen molar-refractivity contribution >= 4 is 5.97 Å². The molecular formula is C25H38O4. The van der Waals surface area contributed by atoms with Gasteiger partial charge in [-0.1, -0.05) is 77.8 Å². The van der Waals surface area contributed by atoms with E-state index in [9.17, 15) is 9.90 Å². The van der Waals surface area contributed by atoms with Crippen molar-refractivity contribution in [3.8, 4) is 5.75 Å². The highest BCUT2D eigenvalue weighted by Gasteiger charge is 2.44. The fourth-order valence-electron chi connectivity index (χ4n) is 3.93. The first-order chi connectivity index (χ1) is 13.7. The summed E-state index contributed by atoms with van der Waals surface area (Å²) in [4.78, 5) is 12.3. The van der Waals surface area contributed by atoms with Gasteiger partial charge in [-0.3, -0.25) is 4.79 Å². The summed E-state index contributed by atoms with van der Waals surface area (Å²) >= 11 is 0. The highest BCUT2D eigenvalue weighted by molar-refractivity contribution is 5.72. The van der Waals surface area contributed by atoms with Crippen molar-refractivity contribution in [2.24, 2.45) is 16.7 Å². The van der Waals surface area contributed by atoms with Crippen LogP contribution in [0.5, 0.6) is 5.75 Å². The second kappa shape index (κ2) is 10.4. The van der Waals surface area contributed by atoms with Gasteiger partial charge >= 0.3 is 5.97 Å². The van der Waals surface area contributed by atoms with Gasteiger partial charge in [0.25, 0.3) is 0 Å². The fraction of sp³-hybridized carbons (Fsp3) is 0.640. The first kappa shape index (κ1) is 23.6. The maximum atomic E-state index is 12.3. The second-order valence-electron chi connectivity index (χ2n) is 9.51. The lowest BCUT2D eigenvalue weighted by molar-refractivity contribution is -0.135. The summed E-state index contributed by atoms with van der Waals surface area (Å²) in [6.07, 6.45) is 8.78. The molecule has 0 bridgehead atoms. The third kappa shape index (κ3) is 7.94. The number of carbonyl (C=O) groups excluding carboxylic acids is 1. The van der Waals surface area contributed by atoms with Gasteiger partial charge in [0, 0.05) is 5.92 Å². The number of rotatable bonds is 12. The number of aliphatic hydroxyl groups excluding tert-OH is 1. The molecule has 0 aromatic heterocycles. The average Bonchev–Trinajstić information content (AvgIpc) is 3.41. The summed E-state index contributed by atoms with van der Waals surface area (Å²) in [5.74, 6) is 0.180. The molecule has 1 heterocycles. The summed E-state index contributed by atoms with van der Waals surface area (Å²) in [6, 6.07) is 9.07. The van der Waals surface area contributed by atoms with Crippen molar-refractivity contribution in [1.29, 1.82) is 0 Å². The Morgan fingerprint density at radius 2 is 1.83 bits per heavy atom. The minimum atomic E-state index is -0.760. The summed E-state index contributed by atoms with van der Waals surface area (Å²) in [7, 11) is 0. The molecule has 1 N–H and O–H groups in total. The third-order valence-electron chi connectivity index (χ3n) is 6.30. The smallest absolute Gasteiger partial charge is 0.311 e. The molecule has 4 heteroatoms. The van der Waals surface area contributed by atoms with E-state index >= 15 is 0 Å². The topological polar surface area (TPSA) is 59.1 Å². The largest absolute Gasteiger partial charge is 0.427 e. The Balaban J connectivity index is 1.89. The summed E-state index contributed by atoms with van der Waals surface area (Å²) < 4.78 is 10.6. The van der Waals surface area contributed by atoms with Crippen molar-refractivity contribution < 1.29 is 19.4 Å². The van der Waals surface area contributed by atoms with E-state index in [0.717, 1.165) is 12.8 Å². The molecule has 2 rings (SSSR count). The van der Waals surface area contributed by atoms with Crippen LogP contribution in [0.3, 0.4) is 0 Å². The highest BCUT2D eigenvalue weighted by atomic mass is 16.7. The Morgan fingerprint density at radius 1 is 1.17 bits per heavy atom. The maximum Gasteiger partial charge on any atom is 0.311 e. The van der Waals surface area contributed by atoms with Crippen LogP contribution in [0.25, 0.3) is 0 Å². The first-order valence-corrected chi connectivity index (χ1v) is 10.9. The predicted octanol–water partition coefficient (Wildman–Crippen LogP) is 5.89. The number of esters is 1. The Morgan fingerprint density at radius 3 is 2.38 bits per heavy atom. The van der Waals surface area contributed by atoms with Gasteiger partial charge in [-0.05, 0) is 42.2 Å². The monoisotopic (exact) mass is 402 g/mol. The Bertz CT molecular complexity index is 667. The molecule has 0 saturated carbocycles. The van der Waals surface area contributed by atoms with Crippen molar-refractivity contribution in [3.63, 3.8) is 0 Å². The molecule has 1 aliphatic rings. The Labute approximate surface area is 176 Å². The maximum absolute atomic E-state index is 12.3. The van der Waals surface area contributed by atoms with Crippen LogP contribution in [0.2, 0.25) is 0 Å².